The summed E-state index contributed by atoms with van der Waals surface area (Å²) in [6.45, 7) is 8.45. The van der Waals surface area contributed by atoms with Crippen LogP contribution in [0.5, 0.6) is 5.75 Å². The van der Waals surface area contributed by atoms with Gasteiger partial charge in [-0.2, -0.15) is 18.3 Å². The first-order valence-electron chi connectivity index (χ1n) is 9.40. The van der Waals surface area contributed by atoms with E-state index in [1.807, 2.05) is 19.9 Å². The molecule has 0 saturated heterocycles. The van der Waals surface area contributed by atoms with Crippen LogP contribution in [0.3, 0.4) is 0 Å². The molecule has 1 atom stereocenters. The minimum Gasteiger partial charge on any atom is -0.491 e. The lowest BCUT2D eigenvalue weighted by Crippen LogP contribution is -2.43. The van der Waals surface area contributed by atoms with Gasteiger partial charge in [0.25, 0.3) is 0 Å². The van der Waals surface area contributed by atoms with Crippen LogP contribution in [0, 0.1) is 12.8 Å². The number of aryl methyl sites for hydroxylation is 1. The summed E-state index contributed by atoms with van der Waals surface area (Å²) in [5.74, 6) is 1.15. The highest BCUT2D eigenvalue weighted by Gasteiger charge is 2.34. The SMILES string of the molecule is Cc1cc(-c2ccnn3cc(C(F)(F)F)nc23)ccc1OC[C@@](C)(N)CC(C)C. The lowest BCUT2D eigenvalue weighted by molar-refractivity contribution is -0.140. The molecule has 3 aromatic rings. The van der Waals surface area contributed by atoms with Crippen LogP contribution in [-0.4, -0.2) is 26.7 Å². The highest BCUT2D eigenvalue weighted by molar-refractivity contribution is 5.78. The number of imidazole rings is 1. The van der Waals surface area contributed by atoms with E-state index in [1.54, 1.807) is 18.2 Å². The van der Waals surface area contributed by atoms with Crippen molar-refractivity contribution < 1.29 is 17.9 Å². The summed E-state index contributed by atoms with van der Waals surface area (Å²) in [6.07, 6.45) is -1.35. The van der Waals surface area contributed by atoms with Crippen molar-refractivity contribution in [2.75, 3.05) is 6.61 Å². The van der Waals surface area contributed by atoms with Crippen molar-refractivity contribution in [3.8, 4) is 16.9 Å². The molecular weight excluding hydrogens is 381 g/mol. The maximum Gasteiger partial charge on any atom is 0.434 e. The maximum absolute atomic E-state index is 13.0. The molecule has 0 spiro atoms. The molecule has 3 rings (SSSR count). The van der Waals surface area contributed by atoms with E-state index in [0.717, 1.165) is 28.3 Å². The Labute approximate surface area is 167 Å². The molecule has 0 radical (unpaired) electrons. The largest absolute Gasteiger partial charge is 0.491 e. The molecule has 0 unspecified atom stereocenters. The monoisotopic (exact) mass is 406 g/mol. The predicted octanol–water partition coefficient (Wildman–Crippen LogP) is 4.87. The molecule has 2 aromatic heterocycles. The zero-order valence-corrected chi connectivity index (χ0v) is 16.9. The summed E-state index contributed by atoms with van der Waals surface area (Å²) in [6, 6.07) is 7.12. The molecule has 0 bridgehead atoms. The number of hydrogen-bond acceptors (Lipinski definition) is 4. The quantitative estimate of drug-likeness (QED) is 0.635. The Kier molecular flexibility index (Phi) is 5.58. The van der Waals surface area contributed by atoms with Crippen LogP contribution >= 0.6 is 0 Å². The van der Waals surface area contributed by atoms with Gasteiger partial charge in [-0.05, 0) is 55.5 Å². The lowest BCUT2D eigenvalue weighted by Gasteiger charge is -2.27. The summed E-state index contributed by atoms with van der Waals surface area (Å²) in [4.78, 5) is 3.74. The molecule has 0 amide bonds. The summed E-state index contributed by atoms with van der Waals surface area (Å²) in [7, 11) is 0. The van der Waals surface area contributed by atoms with Gasteiger partial charge in [0, 0.05) is 17.3 Å². The van der Waals surface area contributed by atoms with Gasteiger partial charge < -0.3 is 10.5 Å². The number of alkyl halides is 3. The van der Waals surface area contributed by atoms with Gasteiger partial charge in [0.05, 0.1) is 6.20 Å². The van der Waals surface area contributed by atoms with Crippen molar-refractivity contribution in [2.24, 2.45) is 11.7 Å². The Hall–Kier alpha value is -2.61. The van der Waals surface area contributed by atoms with Crippen molar-refractivity contribution in [2.45, 2.75) is 45.8 Å². The topological polar surface area (TPSA) is 65.4 Å². The first-order valence-corrected chi connectivity index (χ1v) is 9.40. The van der Waals surface area contributed by atoms with Crippen molar-refractivity contribution in [1.82, 2.24) is 14.6 Å². The van der Waals surface area contributed by atoms with Gasteiger partial charge in [-0.25, -0.2) is 9.50 Å². The second-order valence-corrected chi connectivity index (χ2v) is 8.16. The second-order valence-electron chi connectivity index (χ2n) is 8.16. The summed E-state index contributed by atoms with van der Waals surface area (Å²) in [5, 5.41) is 3.94. The van der Waals surface area contributed by atoms with E-state index in [-0.39, 0.29) is 5.65 Å². The second kappa shape index (κ2) is 7.67. The van der Waals surface area contributed by atoms with E-state index in [9.17, 15) is 13.2 Å². The Morgan fingerprint density at radius 2 is 1.93 bits per heavy atom. The first-order chi connectivity index (χ1) is 13.5. The van der Waals surface area contributed by atoms with Crippen molar-refractivity contribution >= 4 is 5.65 Å². The highest BCUT2D eigenvalue weighted by atomic mass is 19.4. The molecule has 156 valence electrons. The summed E-state index contributed by atoms with van der Waals surface area (Å²) >= 11 is 0. The number of nitrogens with two attached hydrogens (primary N) is 1. The molecule has 1 aromatic carbocycles. The standard InChI is InChI=1S/C21H25F3N4O/c1-13(2)10-20(4,25)12-29-17-6-5-15(9-14(17)3)16-7-8-26-28-11-18(21(22,23)24)27-19(16)28/h5-9,11,13H,10,12,25H2,1-4H3/t20-/m0/s1. The van der Waals surface area contributed by atoms with Crippen LogP contribution < -0.4 is 10.5 Å². The first kappa shape index (κ1) is 21.1. The smallest absolute Gasteiger partial charge is 0.434 e. The van der Waals surface area contributed by atoms with Gasteiger partial charge in [-0.1, -0.05) is 19.9 Å². The highest BCUT2D eigenvalue weighted by Crippen LogP contribution is 2.32. The third-order valence-corrected chi connectivity index (χ3v) is 4.57. The lowest BCUT2D eigenvalue weighted by atomic mass is 9.93. The third-order valence-electron chi connectivity index (χ3n) is 4.57. The average Bonchev–Trinajstić information content (AvgIpc) is 3.04. The maximum atomic E-state index is 13.0. The van der Waals surface area contributed by atoms with E-state index in [1.165, 1.54) is 6.20 Å². The van der Waals surface area contributed by atoms with Gasteiger partial charge in [0.1, 0.15) is 12.4 Å². The fraction of sp³-hybridized carbons (Fsp3) is 0.429. The van der Waals surface area contributed by atoms with Crippen molar-refractivity contribution in [3.63, 3.8) is 0 Å². The Morgan fingerprint density at radius 1 is 1.21 bits per heavy atom. The van der Waals surface area contributed by atoms with E-state index in [2.05, 4.69) is 23.9 Å². The van der Waals surface area contributed by atoms with E-state index in [4.69, 9.17) is 10.5 Å². The predicted molar refractivity (Wildman–Crippen MR) is 106 cm³/mol. The zero-order valence-electron chi connectivity index (χ0n) is 16.9. The zero-order chi connectivity index (χ0) is 21.4. The van der Waals surface area contributed by atoms with Gasteiger partial charge in [0.15, 0.2) is 11.3 Å². The molecule has 0 aliphatic rings. The number of hydrogen-bond donors (Lipinski definition) is 1. The van der Waals surface area contributed by atoms with Gasteiger partial charge in [-0.3, -0.25) is 0 Å². The van der Waals surface area contributed by atoms with Gasteiger partial charge in [0.2, 0.25) is 0 Å². The molecule has 5 nitrogen and oxygen atoms in total. The minimum absolute atomic E-state index is 0.152. The van der Waals surface area contributed by atoms with Gasteiger partial charge >= 0.3 is 6.18 Å². The van der Waals surface area contributed by atoms with Crippen LogP contribution in [0.4, 0.5) is 13.2 Å². The molecule has 0 fully saturated rings. The molecule has 2 heterocycles. The number of halogens is 3. The molecule has 0 aliphatic heterocycles. The van der Waals surface area contributed by atoms with E-state index < -0.39 is 17.4 Å². The average molecular weight is 406 g/mol. The van der Waals surface area contributed by atoms with Crippen molar-refractivity contribution in [3.05, 3.63) is 47.9 Å². The molecule has 0 aliphatic carbocycles. The van der Waals surface area contributed by atoms with E-state index in [0.29, 0.717) is 23.8 Å². The Balaban J connectivity index is 1.88. The van der Waals surface area contributed by atoms with Crippen LogP contribution in [0.2, 0.25) is 0 Å². The van der Waals surface area contributed by atoms with Crippen LogP contribution in [0.15, 0.2) is 36.7 Å². The van der Waals surface area contributed by atoms with Gasteiger partial charge in [-0.15, -0.1) is 0 Å². The van der Waals surface area contributed by atoms with Crippen LogP contribution in [0.25, 0.3) is 16.8 Å². The summed E-state index contributed by atoms with van der Waals surface area (Å²) in [5.41, 5.74) is 7.20. The van der Waals surface area contributed by atoms with Crippen LogP contribution in [0.1, 0.15) is 38.4 Å². The van der Waals surface area contributed by atoms with E-state index >= 15 is 0 Å². The minimum atomic E-state index is -4.52. The fourth-order valence-electron chi connectivity index (χ4n) is 3.47. The van der Waals surface area contributed by atoms with Crippen molar-refractivity contribution in [1.29, 1.82) is 0 Å². The fourth-order valence-corrected chi connectivity index (χ4v) is 3.47. The molecule has 0 saturated carbocycles. The Morgan fingerprint density at radius 3 is 2.55 bits per heavy atom. The van der Waals surface area contributed by atoms with Crippen LogP contribution in [-0.2, 0) is 6.18 Å². The molecule has 8 heteroatoms. The third kappa shape index (κ3) is 4.87. The molecular formula is C21H25F3N4O. The number of ether oxygens (including phenoxy) is 1. The number of benzene rings is 1. The molecule has 29 heavy (non-hydrogen) atoms. The summed E-state index contributed by atoms with van der Waals surface area (Å²) < 4.78 is 46.1. The number of nitrogens with zero attached hydrogens (tertiary/aromatic N) is 3. The normalized spacial score (nSPS) is 14.4. The molecule has 2 N–H and O–H groups in total. The number of aromatic nitrogens is 3. The number of rotatable bonds is 6. The Bertz CT molecular complexity index is 1010. The number of fused-ring (bicyclic) bond motifs is 1.